The number of fused-ring (bicyclic) bond motifs is 2. The van der Waals surface area contributed by atoms with Crippen molar-refractivity contribution in [2.45, 2.75) is 90.8 Å². The lowest BCUT2D eigenvalue weighted by molar-refractivity contribution is -0.201. The molecule has 9 heteroatoms. The molecule has 33 heavy (non-hydrogen) atoms. The first-order chi connectivity index (χ1) is 15.2. The highest BCUT2D eigenvalue weighted by Crippen LogP contribution is 2.61. The molecule has 3 rings (SSSR count). The van der Waals surface area contributed by atoms with Gasteiger partial charge in [0.05, 0.1) is 12.0 Å². The summed E-state index contributed by atoms with van der Waals surface area (Å²) in [5.41, 5.74) is -3.77. The van der Waals surface area contributed by atoms with Crippen LogP contribution in [0, 0.1) is 22.7 Å². The number of aliphatic hydroxyl groups excluding tert-OH is 1. The number of aliphatic hydroxyl groups is 2. The fourth-order valence-corrected chi connectivity index (χ4v) is 6.27. The molecule has 9 nitrogen and oxygen atoms in total. The molecule has 2 aliphatic carbocycles. The highest BCUT2D eigenvalue weighted by molar-refractivity contribution is 5.77. The minimum atomic E-state index is -2.04. The van der Waals surface area contributed by atoms with E-state index < -0.39 is 70.6 Å². The molecule has 3 aliphatic rings. The van der Waals surface area contributed by atoms with E-state index >= 15 is 0 Å². The lowest BCUT2D eigenvalue weighted by atomic mass is 9.59. The Hall–Kier alpha value is -2.26. The molecule has 184 valence electrons. The topological polar surface area (TPSA) is 136 Å². The third-order valence-electron chi connectivity index (χ3n) is 8.05. The molecular weight excluding hydrogens is 432 g/mol. The van der Waals surface area contributed by atoms with Crippen LogP contribution in [0.5, 0.6) is 0 Å². The van der Waals surface area contributed by atoms with Crippen LogP contribution < -0.4 is 0 Å². The first-order valence-corrected chi connectivity index (χ1v) is 11.3. The van der Waals surface area contributed by atoms with Gasteiger partial charge >= 0.3 is 17.9 Å². The van der Waals surface area contributed by atoms with E-state index in [4.69, 9.17) is 14.2 Å². The summed E-state index contributed by atoms with van der Waals surface area (Å²) in [4.78, 5) is 49.0. The summed E-state index contributed by atoms with van der Waals surface area (Å²) in [5, 5.41) is 23.6. The van der Waals surface area contributed by atoms with Crippen LogP contribution in [0.2, 0.25) is 0 Å². The van der Waals surface area contributed by atoms with Gasteiger partial charge in [-0.3, -0.25) is 14.4 Å². The third-order valence-corrected chi connectivity index (χ3v) is 8.05. The number of carbonyl (C=O) groups excluding carboxylic acids is 4. The molecule has 1 saturated heterocycles. The number of hydrogen-bond donors (Lipinski definition) is 2. The van der Waals surface area contributed by atoms with Gasteiger partial charge in [0.25, 0.3) is 0 Å². The molecule has 0 bridgehead atoms. The van der Waals surface area contributed by atoms with E-state index in [2.05, 4.69) is 0 Å². The number of hydrogen-bond acceptors (Lipinski definition) is 9. The van der Waals surface area contributed by atoms with E-state index in [1.54, 1.807) is 26.8 Å². The van der Waals surface area contributed by atoms with Crippen molar-refractivity contribution in [3.05, 3.63) is 11.6 Å². The Bertz CT molecular complexity index is 881. The molecule has 2 fully saturated rings. The van der Waals surface area contributed by atoms with Crippen molar-refractivity contribution in [2.24, 2.45) is 22.7 Å². The summed E-state index contributed by atoms with van der Waals surface area (Å²) in [6.45, 7) is 9.10. The third kappa shape index (κ3) is 3.89. The fourth-order valence-electron chi connectivity index (χ4n) is 6.27. The van der Waals surface area contributed by atoms with Gasteiger partial charge in [0, 0.05) is 30.6 Å². The summed E-state index contributed by atoms with van der Waals surface area (Å²) in [5.74, 6) is -3.90. The van der Waals surface area contributed by atoms with Gasteiger partial charge in [0.1, 0.15) is 24.1 Å². The zero-order chi connectivity index (χ0) is 24.9. The minimum absolute atomic E-state index is 0.0579. The molecule has 0 aromatic rings. The van der Waals surface area contributed by atoms with Crippen LogP contribution in [-0.4, -0.2) is 64.4 Å². The summed E-state index contributed by atoms with van der Waals surface area (Å²) in [6.07, 6.45) is -1.37. The Morgan fingerprint density at radius 3 is 2.30 bits per heavy atom. The zero-order valence-electron chi connectivity index (χ0n) is 20.0. The van der Waals surface area contributed by atoms with E-state index in [-0.39, 0.29) is 6.42 Å². The number of ether oxygens (including phenoxy) is 3. The first-order valence-electron chi connectivity index (χ1n) is 11.3. The maximum Gasteiger partial charge on any atom is 0.312 e. The van der Waals surface area contributed by atoms with Crippen molar-refractivity contribution >= 4 is 24.2 Å². The molecule has 1 heterocycles. The van der Waals surface area contributed by atoms with Crippen molar-refractivity contribution in [3.63, 3.8) is 0 Å². The lowest BCUT2D eigenvalue weighted by Crippen LogP contribution is -2.63. The fraction of sp³-hybridized carbons (Fsp3) is 0.750. The van der Waals surface area contributed by atoms with Crippen LogP contribution in [-0.2, 0) is 33.4 Å². The van der Waals surface area contributed by atoms with Gasteiger partial charge in [-0.05, 0) is 39.2 Å². The molecule has 0 aromatic carbocycles. The SMILES string of the molecule is CC(=O)O[C@H]1C[C@](C)(C=O)[C@@H]2[C@@H](O)[C@@]3(O)[C@H](/C=C(/C)CC[C@@H](OC(C)=O)[C@@]12C)OC(=O)[C@@H]3C. The molecule has 0 amide bonds. The molecule has 1 saturated carbocycles. The van der Waals surface area contributed by atoms with Crippen molar-refractivity contribution in [1.82, 2.24) is 0 Å². The Labute approximate surface area is 193 Å². The quantitative estimate of drug-likeness (QED) is 0.274. The second-order valence-electron chi connectivity index (χ2n) is 10.3. The van der Waals surface area contributed by atoms with Gasteiger partial charge in [-0.1, -0.05) is 19.4 Å². The average molecular weight is 467 g/mol. The second-order valence-corrected chi connectivity index (χ2v) is 10.3. The monoisotopic (exact) mass is 466 g/mol. The highest BCUT2D eigenvalue weighted by atomic mass is 16.6. The van der Waals surface area contributed by atoms with Crippen LogP contribution in [0.15, 0.2) is 11.6 Å². The van der Waals surface area contributed by atoms with Gasteiger partial charge in [-0.15, -0.1) is 0 Å². The predicted octanol–water partition coefficient (Wildman–Crippen LogP) is 1.47. The van der Waals surface area contributed by atoms with E-state index in [9.17, 15) is 29.4 Å². The normalized spacial score (nSPS) is 46.8. The summed E-state index contributed by atoms with van der Waals surface area (Å²) in [6, 6.07) is 0. The second kappa shape index (κ2) is 8.51. The van der Waals surface area contributed by atoms with Crippen LogP contribution in [0.25, 0.3) is 0 Å². The van der Waals surface area contributed by atoms with Crippen LogP contribution in [0.4, 0.5) is 0 Å². The molecule has 0 aromatic heterocycles. The highest BCUT2D eigenvalue weighted by Gasteiger charge is 2.71. The van der Waals surface area contributed by atoms with Crippen molar-refractivity contribution in [2.75, 3.05) is 0 Å². The van der Waals surface area contributed by atoms with Crippen LogP contribution in [0.1, 0.15) is 60.8 Å². The molecular formula is C24H34O9. The van der Waals surface area contributed by atoms with Crippen LogP contribution >= 0.6 is 0 Å². The van der Waals surface area contributed by atoms with Crippen molar-refractivity contribution in [1.29, 1.82) is 0 Å². The van der Waals surface area contributed by atoms with Gasteiger partial charge in [0.15, 0.2) is 6.10 Å². The Morgan fingerprint density at radius 1 is 1.18 bits per heavy atom. The zero-order valence-corrected chi connectivity index (χ0v) is 20.0. The van der Waals surface area contributed by atoms with Gasteiger partial charge in [-0.25, -0.2) is 0 Å². The lowest BCUT2D eigenvalue weighted by Gasteiger charge is -2.49. The number of rotatable bonds is 3. The van der Waals surface area contributed by atoms with Gasteiger partial charge in [-0.2, -0.15) is 0 Å². The Balaban J connectivity index is 2.29. The van der Waals surface area contributed by atoms with Crippen molar-refractivity contribution < 1.29 is 43.6 Å². The Kier molecular flexibility index (Phi) is 6.54. The molecule has 0 radical (unpaired) electrons. The molecule has 9 atom stereocenters. The predicted molar refractivity (Wildman–Crippen MR) is 114 cm³/mol. The van der Waals surface area contributed by atoms with E-state index in [0.29, 0.717) is 19.1 Å². The van der Waals surface area contributed by atoms with E-state index in [0.717, 1.165) is 5.57 Å². The number of carbonyl (C=O) groups is 4. The number of esters is 3. The standard InChI is InChI=1S/C24H34O9/c1-12-7-8-16(31-14(3)26)23(6)18(32-15(4)27)10-22(5,11-25)19(23)20(28)24(30)13(2)21(29)33-17(24)9-12/h9,11,13,16-20,28,30H,7-8,10H2,1-6H3/b12-9-/t13-,16+,17-,18-,19-,20+,22+,23-,24-/m0/s1. The molecule has 1 aliphatic heterocycles. The summed E-state index contributed by atoms with van der Waals surface area (Å²) in [7, 11) is 0. The van der Waals surface area contributed by atoms with Gasteiger partial charge in [0.2, 0.25) is 0 Å². The van der Waals surface area contributed by atoms with Crippen molar-refractivity contribution in [3.8, 4) is 0 Å². The number of aldehydes is 1. The summed E-state index contributed by atoms with van der Waals surface area (Å²) < 4.78 is 16.8. The van der Waals surface area contributed by atoms with E-state index in [1.807, 2.05) is 0 Å². The van der Waals surface area contributed by atoms with Crippen LogP contribution in [0.3, 0.4) is 0 Å². The average Bonchev–Trinajstić information content (AvgIpc) is 3.07. The largest absolute Gasteiger partial charge is 0.462 e. The smallest absolute Gasteiger partial charge is 0.312 e. The minimum Gasteiger partial charge on any atom is -0.462 e. The molecule has 0 spiro atoms. The number of allylic oxidation sites excluding steroid dienone is 1. The molecule has 2 N–H and O–H groups in total. The Morgan fingerprint density at radius 2 is 1.76 bits per heavy atom. The van der Waals surface area contributed by atoms with Gasteiger partial charge < -0.3 is 29.2 Å². The van der Waals surface area contributed by atoms with E-state index in [1.165, 1.54) is 20.8 Å². The molecule has 0 unspecified atom stereocenters. The maximum atomic E-state index is 12.5. The summed E-state index contributed by atoms with van der Waals surface area (Å²) >= 11 is 0. The maximum absolute atomic E-state index is 12.5. The first kappa shape index (κ1) is 25.4.